The molecule has 3 heterocycles. The van der Waals surface area contributed by atoms with Crippen molar-refractivity contribution in [2.45, 2.75) is 32.2 Å². The van der Waals surface area contributed by atoms with Gasteiger partial charge in [-0.05, 0) is 37.3 Å². The van der Waals surface area contributed by atoms with Crippen LogP contribution in [0.1, 0.15) is 36.0 Å². The predicted molar refractivity (Wildman–Crippen MR) is 134 cm³/mol. The SMILES string of the molecule is CC(=O)O[C@@H]1COc2cc(N(C(=O)C(F)(F)F)C3COc4c3cccc4-n3c(C)nc4ccc(F)cc43)ccc21. The first-order valence-electron chi connectivity index (χ1n) is 12.3. The Kier molecular flexibility index (Phi) is 5.93. The van der Waals surface area contributed by atoms with Crippen molar-refractivity contribution in [1.82, 2.24) is 9.55 Å². The predicted octanol–water partition coefficient (Wildman–Crippen LogP) is 5.50. The lowest BCUT2D eigenvalue weighted by Crippen LogP contribution is -2.44. The minimum absolute atomic E-state index is 0.00310. The number of nitrogens with zero attached hydrogens (tertiary/aromatic N) is 3. The fraction of sp³-hybridized carbons (Fsp3) is 0.250. The van der Waals surface area contributed by atoms with Crippen LogP contribution in [0.5, 0.6) is 11.5 Å². The average Bonchev–Trinajstić information content (AvgIpc) is 3.58. The number of para-hydroxylation sites is 1. The first-order chi connectivity index (χ1) is 19.0. The van der Waals surface area contributed by atoms with E-state index in [1.54, 1.807) is 29.7 Å². The Morgan fingerprint density at radius 2 is 1.85 bits per heavy atom. The number of benzene rings is 3. The summed E-state index contributed by atoms with van der Waals surface area (Å²) in [6, 6.07) is 12.1. The summed E-state index contributed by atoms with van der Waals surface area (Å²) in [5, 5.41) is 0. The zero-order valence-corrected chi connectivity index (χ0v) is 21.2. The first kappa shape index (κ1) is 25.7. The molecular weight excluding hydrogens is 534 g/mol. The highest BCUT2D eigenvalue weighted by Gasteiger charge is 2.48. The number of esters is 1. The Hall–Kier alpha value is -4.61. The molecule has 8 nitrogen and oxygen atoms in total. The van der Waals surface area contributed by atoms with Crippen LogP contribution in [-0.2, 0) is 14.3 Å². The number of amides is 1. The maximum absolute atomic E-state index is 14.1. The zero-order chi connectivity index (χ0) is 28.3. The van der Waals surface area contributed by atoms with Gasteiger partial charge in [0.15, 0.2) is 6.10 Å². The Balaban J connectivity index is 1.45. The molecule has 4 aromatic rings. The van der Waals surface area contributed by atoms with Gasteiger partial charge in [0, 0.05) is 35.9 Å². The van der Waals surface area contributed by atoms with Crippen LogP contribution in [0, 0.1) is 12.7 Å². The first-order valence-corrected chi connectivity index (χ1v) is 12.3. The molecule has 2 atom stereocenters. The van der Waals surface area contributed by atoms with Gasteiger partial charge in [-0.3, -0.25) is 19.1 Å². The molecule has 6 rings (SSSR count). The summed E-state index contributed by atoms with van der Waals surface area (Å²) in [5.41, 5.74) is 2.20. The van der Waals surface area contributed by atoms with Crippen molar-refractivity contribution in [2.75, 3.05) is 18.1 Å². The number of imidazole rings is 1. The summed E-state index contributed by atoms with van der Waals surface area (Å²) < 4.78 is 74.1. The Bertz CT molecular complexity index is 1680. The summed E-state index contributed by atoms with van der Waals surface area (Å²) in [7, 11) is 0. The van der Waals surface area contributed by atoms with Gasteiger partial charge >= 0.3 is 18.1 Å². The molecule has 0 bridgehead atoms. The topological polar surface area (TPSA) is 82.9 Å². The zero-order valence-electron chi connectivity index (χ0n) is 21.2. The lowest BCUT2D eigenvalue weighted by molar-refractivity contribution is -0.171. The number of anilines is 1. The van der Waals surface area contributed by atoms with Crippen LogP contribution < -0.4 is 14.4 Å². The summed E-state index contributed by atoms with van der Waals surface area (Å²) in [4.78, 5) is 29.3. The number of halogens is 4. The molecule has 3 aromatic carbocycles. The fourth-order valence-corrected chi connectivity index (χ4v) is 5.27. The molecule has 12 heteroatoms. The molecule has 0 spiro atoms. The Labute approximate surface area is 224 Å². The van der Waals surface area contributed by atoms with Gasteiger partial charge in [0.25, 0.3) is 0 Å². The maximum atomic E-state index is 14.1. The van der Waals surface area contributed by atoms with Crippen LogP contribution in [0.3, 0.4) is 0 Å². The van der Waals surface area contributed by atoms with E-state index in [0.717, 1.165) is 0 Å². The normalized spacial score (nSPS) is 17.6. The standard InChI is InChI=1S/C28H21F4N3O5/c1-14-33-20-9-6-16(29)10-22(20)34(14)21-5-3-4-18-23(12-39-26(18)21)35(27(37)28(30,31)32)17-7-8-19-24(11-17)38-13-25(19)40-15(2)36/h3-11,23,25H,12-13H2,1-2H3/t23?,25-/m1/s1. The highest BCUT2D eigenvalue weighted by molar-refractivity contribution is 5.98. The summed E-state index contributed by atoms with van der Waals surface area (Å²) >= 11 is 0. The molecule has 2 aliphatic rings. The van der Waals surface area contributed by atoms with E-state index in [2.05, 4.69) is 4.98 Å². The molecule has 0 radical (unpaired) electrons. The molecule has 0 N–H and O–H groups in total. The van der Waals surface area contributed by atoms with Crippen LogP contribution in [0.2, 0.25) is 0 Å². The molecule has 1 aromatic heterocycles. The Morgan fingerprint density at radius 1 is 1.05 bits per heavy atom. The van der Waals surface area contributed by atoms with E-state index >= 15 is 0 Å². The summed E-state index contributed by atoms with van der Waals surface area (Å²) in [5.74, 6) is -2.11. The van der Waals surface area contributed by atoms with Gasteiger partial charge in [0.1, 0.15) is 36.4 Å². The summed E-state index contributed by atoms with van der Waals surface area (Å²) in [6.45, 7) is 2.70. The molecule has 2 aliphatic heterocycles. The van der Waals surface area contributed by atoms with Gasteiger partial charge < -0.3 is 14.2 Å². The molecule has 0 fully saturated rings. The van der Waals surface area contributed by atoms with E-state index < -0.39 is 36.0 Å². The lowest BCUT2D eigenvalue weighted by Gasteiger charge is -2.29. The number of alkyl halides is 3. The molecule has 206 valence electrons. The van der Waals surface area contributed by atoms with Crippen LogP contribution >= 0.6 is 0 Å². The van der Waals surface area contributed by atoms with Gasteiger partial charge in [-0.2, -0.15) is 13.2 Å². The minimum atomic E-state index is -5.19. The molecule has 0 aliphatic carbocycles. The molecular formula is C28H21F4N3O5. The van der Waals surface area contributed by atoms with E-state index in [4.69, 9.17) is 14.2 Å². The van der Waals surface area contributed by atoms with Crippen molar-refractivity contribution in [3.63, 3.8) is 0 Å². The van der Waals surface area contributed by atoms with Crippen molar-refractivity contribution < 1.29 is 41.4 Å². The van der Waals surface area contributed by atoms with Crippen LogP contribution in [0.25, 0.3) is 16.7 Å². The number of hydrogen-bond acceptors (Lipinski definition) is 6. The number of aromatic nitrogens is 2. The van der Waals surface area contributed by atoms with Gasteiger partial charge in [-0.1, -0.05) is 12.1 Å². The number of ether oxygens (including phenoxy) is 3. The second kappa shape index (κ2) is 9.25. The third-order valence-electron chi connectivity index (χ3n) is 6.89. The number of carbonyl (C=O) groups excluding carboxylic acids is 2. The quantitative estimate of drug-likeness (QED) is 0.244. The third-order valence-corrected chi connectivity index (χ3v) is 6.89. The molecule has 0 saturated carbocycles. The largest absolute Gasteiger partial charge is 0.489 e. The smallest absolute Gasteiger partial charge is 0.471 e. The van der Waals surface area contributed by atoms with E-state index in [1.165, 1.54) is 43.3 Å². The minimum Gasteiger partial charge on any atom is -0.489 e. The number of hydrogen-bond donors (Lipinski definition) is 0. The number of rotatable bonds is 4. The van der Waals surface area contributed by atoms with E-state index in [-0.39, 0.29) is 30.4 Å². The van der Waals surface area contributed by atoms with E-state index in [0.29, 0.717) is 38.6 Å². The van der Waals surface area contributed by atoms with Crippen molar-refractivity contribution in [1.29, 1.82) is 0 Å². The van der Waals surface area contributed by atoms with E-state index in [1.807, 2.05) is 0 Å². The fourth-order valence-electron chi connectivity index (χ4n) is 5.27. The van der Waals surface area contributed by atoms with E-state index in [9.17, 15) is 27.2 Å². The monoisotopic (exact) mass is 555 g/mol. The second-order valence-electron chi connectivity index (χ2n) is 9.45. The average molecular weight is 555 g/mol. The summed E-state index contributed by atoms with van der Waals surface area (Å²) in [6.07, 6.45) is -5.89. The third kappa shape index (κ3) is 4.19. The van der Waals surface area contributed by atoms with Crippen LogP contribution in [-0.4, -0.2) is 40.8 Å². The molecule has 0 saturated heterocycles. The molecule has 40 heavy (non-hydrogen) atoms. The van der Waals surface area contributed by atoms with Gasteiger partial charge in [-0.25, -0.2) is 9.37 Å². The van der Waals surface area contributed by atoms with Crippen LogP contribution in [0.4, 0.5) is 23.2 Å². The van der Waals surface area contributed by atoms with Crippen molar-refractivity contribution in [3.8, 4) is 17.2 Å². The number of carbonyl (C=O) groups is 2. The highest BCUT2D eigenvalue weighted by atomic mass is 19.4. The molecule has 1 unspecified atom stereocenters. The van der Waals surface area contributed by atoms with Crippen molar-refractivity contribution >= 4 is 28.6 Å². The molecule has 1 amide bonds. The maximum Gasteiger partial charge on any atom is 0.471 e. The van der Waals surface area contributed by atoms with Gasteiger partial charge in [0.2, 0.25) is 0 Å². The lowest BCUT2D eigenvalue weighted by atomic mass is 10.0. The van der Waals surface area contributed by atoms with Crippen molar-refractivity contribution in [3.05, 3.63) is 77.4 Å². The van der Waals surface area contributed by atoms with Gasteiger partial charge in [-0.15, -0.1) is 0 Å². The van der Waals surface area contributed by atoms with Gasteiger partial charge in [0.05, 0.1) is 22.8 Å². The number of fused-ring (bicyclic) bond motifs is 3. The Morgan fingerprint density at radius 3 is 2.60 bits per heavy atom. The van der Waals surface area contributed by atoms with Crippen LogP contribution in [0.15, 0.2) is 54.6 Å². The van der Waals surface area contributed by atoms with Crippen molar-refractivity contribution in [2.24, 2.45) is 0 Å². The second-order valence-corrected chi connectivity index (χ2v) is 9.45. The number of aryl methyl sites for hydroxylation is 1. The highest BCUT2D eigenvalue weighted by Crippen LogP contribution is 2.46.